The predicted octanol–water partition coefficient (Wildman–Crippen LogP) is 4.23. The second kappa shape index (κ2) is 4.89. The number of hydrogen-bond acceptors (Lipinski definition) is 4. The molecule has 0 aliphatic heterocycles. The molecule has 0 N–H and O–H groups in total. The summed E-state index contributed by atoms with van der Waals surface area (Å²) in [6, 6.07) is 7.86. The van der Waals surface area contributed by atoms with Crippen molar-refractivity contribution in [1.29, 1.82) is 0 Å². The highest BCUT2D eigenvalue weighted by molar-refractivity contribution is 14.1. The second-order valence-electron chi connectivity index (χ2n) is 4.69. The number of benzene rings is 1. The maximum Gasteiger partial charge on any atom is 0.298 e. The van der Waals surface area contributed by atoms with Crippen LogP contribution in [-0.2, 0) is 5.41 Å². The summed E-state index contributed by atoms with van der Waals surface area (Å²) in [7, 11) is 0. The third kappa shape index (κ3) is 3.38. The molecule has 17 heavy (non-hydrogen) atoms. The predicted molar refractivity (Wildman–Crippen MR) is 77.8 cm³/mol. The largest absolute Gasteiger partial charge is 0.430 e. The van der Waals surface area contributed by atoms with Crippen LogP contribution in [0.3, 0.4) is 0 Å². The summed E-state index contributed by atoms with van der Waals surface area (Å²) in [5.41, 5.74) is -0.0375. The molecule has 0 spiro atoms. The lowest BCUT2D eigenvalue weighted by Crippen LogP contribution is -2.12. The van der Waals surface area contributed by atoms with E-state index in [1.807, 2.05) is 24.3 Å². The van der Waals surface area contributed by atoms with Crippen LogP contribution in [0.4, 0.5) is 0 Å². The van der Waals surface area contributed by atoms with Gasteiger partial charge in [-0.15, -0.1) is 0 Å². The number of ether oxygens (including phenoxy) is 1. The average Bonchev–Trinajstić information content (AvgIpc) is 2.69. The molecule has 3 nitrogen and oxygen atoms in total. The topological polar surface area (TPSA) is 35.0 Å². The molecule has 0 aliphatic rings. The first-order chi connectivity index (χ1) is 7.95. The molecule has 2 aromatic rings. The van der Waals surface area contributed by atoms with Gasteiger partial charge in [-0.3, -0.25) is 0 Å². The van der Waals surface area contributed by atoms with Gasteiger partial charge >= 0.3 is 0 Å². The molecule has 0 amide bonds. The van der Waals surface area contributed by atoms with Crippen LogP contribution in [0.1, 0.15) is 26.6 Å². The van der Waals surface area contributed by atoms with Crippen molar-refractivity contribution < 1.29 is 4.74 Å². The number of rotatable bonds is 2. The molecule has 0 radical (unpaired) electrons. The maximum absolute atomic E-state index is 5.65. The van der Waals surface area contributed by atoms with E-state index in [9.17, 15) is 0 Å². The number of aromatic nitrogens is 2. The quantitative estimate of drug-likeness (QED) is 0.752. The molecule has 1 aromatic carbocycles. The lowest BCUT2D eigenvalue weighted by atomic mass is 9.96. The fraction of sp³-hybridized carbons (Fsp3) is 0.333. The highest BCUT2D eigenvalue weighted by Crippen LogP contribution is 2.28. The minimum absolute atomic E-state index is 0.0375. The molecule has 1 aromatic heterocycles. The minimum Gasteiger partial charge on any atom is -0.430 e. The summed E-state index contributed by atoms with van der Waals surface area (Å²) >= 11 is 3.55. The van der Waals surface area contributed by atoms with Gasteiger partial charge < -0.3 is 4.74 Å². The first-order valence-corrected chi connectivity index (χ1v) is 7.08. The Balaban J connectivity index is 2.14. The van der Waals surface area contributed by atoms with Crippen molar-refractivity contribution in [2.75, 3.05) is 0 Å². The van der Waals surface area contributed by atoms with Crippen LogP contribution in [-0.4, -0.2) is 9.36 Å². The van der Waals surface area contributed by atoms with Gasteiger partial charge in [-0.2, -0.15) is 9.36 Å². The van der Waals surface area contributed by atoms with E-state index in [0.29, 0.717) is 5.19 Å². The van der Waals surface area contributed by atoms with Gasteiger partial charge in [-0.05, 0) is 46.9 Å². The van der Waals surface area contributed by atoms with Crippen molar-refractivity contribution in [1.82, 2.24) is 9.36 Å². The normalized spacial score (nSPS) is 11.5. The molecule has 0 unspecified atom stereocenters. The summed E-state index contributed by atoms with van der Waals surface area (Å²) < 4.78 is 11.1. The van der Waals surface area contributed by atoms with Crippen LogP contribution in [0.15, 0.2) is 24.3 Å². The summed E-state index contributed by atoms with van der Waals surface area (Å²) in [4.78, 5) is 4.38. The summed E-state index contributed by atoms with van der Waals surface area (Å²) in [6.45, 7) is 6.26. The molecule has 0 bridgehead atoms. The van der Waals surface area contributed by atoms with Crippen LogP contribution in [0, 0.1) is 3.57 Å². The van der Waals surface area contributed by atoms with E-state index >= 15 is 0 Å². The number of nitrogens with zero attached hydrogens (tertiary/aromatic N) is 2. The molecule has 0 atom stereocenters. The van der Waals surface area contributed by atoms with E-state index in [0.717, 1.165) is 11.6 Å². The van der Waals surface area contributed by atoms with Crippen LogP contribution in [0.2, 0.25) is 0 Å². The van der Waals surface area contributed by atoms with Crippen LogP contribution < -0.4 is 4.74 Å². The zero-order chi connectivity index (χ0) is 12.5. The standard InChI is InChI=1S/C12H13IN2OS/c1-12(2,3)10-14-11(17-15-10)16-9-6-4-8(13)5-7-9/h4-7H,1-3H3. The Morgan fingerprint density at radius 2 is 1.82 bits per heavy atom. The molecule has 0 saturated carbocycles. The molecule has 5 heteroatoms. The molecule has 1 heterocycles. The summed E-state index contributed by atoms with van der Waals surface area (Å²) in [5, 5.41) is 0.594. The van der Waals surface area contributed by atoms with Crippen molar-refractivity contribution in [2.24, 2.45) is 0 Å². The summed E-state index contributed by atoms with van der Waals surface area (Å²) in [5.74, 6) is 1.62. The van der Waals surface area contributed by atoms with Gasteiger partial charge in [0.25, 0.3) is 5.19 Å². The highest BCUT2D eigenvalue weighted by atomic mass is 127. The van der Waals surface area contributed by atoms with Gasteiger partial charge in [0.1, 0.15) is 5.75 Å². The SMILES string of the molecule is CC(C)(C)c1nsc(Oc2ccc(I)cc2)n1. The van der Waals surface area contributed by atoms with Gasteiger partial charge in [0, 0.05) is 20.5 Å². The first kappa shape index (κ1) is 12.8. The number of hydrogen-bond donors (Lipinski definition) is 0. The van der Waals surface area contributed by atoms with Crippen LogP contribution in [0.25, 0.3) is 0 Å². The van der Waals surface area contributed by atoms with Crippen molar-refractivity contribution in [3.63, 3.8) is 0 Å². The molecular formula is C12H13IN2OS. The number of halogens is 1. The van der Waals surface area contributed by atoms with Gasteiger partial charge in [0.05, 0.1) is 0 Å². The van der Waals surface area contributed by atoms with Crippen LogP contribution >= 0.6 is 34.1 Å². The summed E-state index contributed by atoms with van der Waals surface area (Å²) in [6.07, 6.45) is 0. The van der Waals surface area contributed by atoms with Crippen molar-refractivity contribution in [3.8, 4) is 10.9 Å². The molecule has 0 saturated heterocycles. The van der Waals surface area contributed by atoms with Gasteiger partial charge in [0.15, 0.2) is 5.82 Å². The zero-order valence-corrected chi connectivity index (χ0v) is 12.9. The Morgan fingerprint density at radius 1 is 1.18 bits per heavy atom. The third-order valence-corrected chi connectivity index (χ3v) is 3.41. The smallest absolute Gasteiger partial charge is 0.298 e. The zero-order valence-electron chi connectivity index (χ0n) is 9.90. The maximum atomic E-state index is 5.65. The van der Waals surface area contributed by atoms with E-state index in [1.165, 1.54) is 15.1 Å². The molecule has 2 rings (SSSR count). The highest BCUT2D eigenvalue weighted by Gasteiger charge is 2.20. The average molecular weight is 360 g/mol. The lowest BCUT2D eigenvalue weighted by Gasteiger charge is -2.11. The van der Waals surface area contributed by atoms with E-state index in [1.54, 1.807) is 0 Å². The van der Waals surface area contributed by atoms with E-state index in [4.69, 9.17) is 4.74 Å². The van der Waals surface area contributed by atoms with Gasteiger partial charge in [-0.25, -0.2) is 0 Å². The Bertz CT molecular complexity index is 502. The fourth-order valence-corrected chi connectivity index (χ4v) is 2.26. The Hall–Kier alpha value is -0.690. The van der Waals surface area contributed by atoms with E-state index in [2.05, 4.69) is 52.7 Å². The second-order valence-corrected chi connectivity index (χ2v) is 6.65. The Labute approximate surface area is 119 Å². The monoisotopic (exact) mass is 360 g/mol. The first-order valence-electron chi connectivity index (χ1n) is 5.23. The van der Waals surface area contributed by atoms with Crippen molar-refractivity contribution >= 4 is 34.1 Å². The van der Waals surface area contributed by atoms with Crippen LogP contribution in [0.5, 0.6) is 10.9 Å². The van der Waals surface area contributed by atoms with E-state index < -0.39 is 0 Å². The fourth-order valence-electron chi connectivity index (χ4n) is 1.16. The van der Waals surface area contributed by atoms with E-state index in [-0.39, 0.29) is 5.41 Å². The van der Waals surface area contributed by atoms with Gasteiger partial charge in [-0.1, -0.05) is 20.8 Å². The molecule has 90 valence electrons. The minimum atomic E-state index is -0.0375. The third-order valence-electron chi connectivity index (χ3n) is 2.10. The van der Waals surface area contributed by atoms with Crippen molar-refractivity contribution in [3.05, 3.63) is 33.7 Å². The Morgan fingerprint density at radius 3 is 2.35 bits per heavy atom. The molecular weight excluding hydrogens is 347 g/mol. The van der Waals surface area contributed by atoms with Gasteiger partial charge in [0.2, 0.25) is 0 Å². The van der Waals surface area contributed by atoms with Crippen molar-refractivity contribution in [2.45, 2.75) is 26.2 Å². The molecule has 0 aliphatic carbocycles. The lowest BCUT2D eigenvalue weighted by molar-refractivity contribution is 0.468. The Kier molecular flexibility index (Phi) is 3.67. The molecule has 0 fully saturated rings.